The highest BCUT2D eigenvalue weighted by molar-refractivity contribution is 7.99. The van der Waals surface area contributed by atoms with E-state index in [-0.39, 0.29) is 0 Å². The Morgan fingerprint density at radius 3 is 2.91 bits per heavy atom. The molecule has 0 aromatic rings. The molecule has 0 saturated carbocycles. The molecule has 0 bridgehead atoms. The predicted octanol–water partition coefficient (Wildman–Crippen LogP) is 2.13. The van der Waals surface area contributed by atoms with Crippen LogP contribution < -0.4 is 5.32 Å². The molecular formula is C9H19NS. The molecule has 0 spiro atoms. The van der Waals surface area contributed by atoms with E-state index in [1.54, 1.807) is 0 Å². The van der Waals surface area contributed by atoms with Gasteiger partial charge in [0.1, 0.15) is 0 Å². The first-order valence-electron chi connectivity index (χ1n) is 4.61. The zero-order valence-corrected chi connectivity index (χ0v) is 8.41. The molecule has 1 heterocycles. The van der Waals surface area contributed by atoms with E-state index < -0.39 is 0 Å². The van der Waals surface area contributed by atoms with Gasteiger partial charge in [0, 0.05) is 0 Å². The first kappa shape index (κ1) is 9.40. The number of hydrogen-bond acceptors (Lipinski definition) is 2. The molecule has 0 amide bonds. The van der Waals surface area contributed by atoms with E-state index in [0.29, 0.717) is 0 Å². The predicted molar refractivity (Wildman–Crippen MR) is 53.2 cm³/mol. The fourth-order valence-corrected chi connectivity index (χ4v) is 2.37. The van der Waals surface area contributed by atoms with E-state index >= 15 is 0 Å². The largest absolute Gasteiger partial charge is 0.316 e. The van der Waals surface area contributed by atoms with Crippen molar-refractivity contribution in [1.82, 2.24) is 5.32 Å². The first-order valence-corrected chi connectivity index (χ1v) is 5.66. The van der Waals surface area contributed by atoms with Gasteiger partial charge in [0.05, 0.1) is 0 Å². The summed E-state index contributed by atoms with van der Waals surface area (Å²) in [7, 11) is 0. The van der Waals surface area contributed by atoms with E-state index in [1.807, 2.05) is 0 Å². The highest BCUT2D eigenvalue weighted by Gasteiger charge is 2.13. The molecule has 1 aliphatic rings. The van der Waals surface area contributed by atoms with Gasteiger partial charge >= 0.3 is 0 Å². The summed E-state index contributed by atoms with van der Waals surface area (Å²) in [6.07, 6.45) is 2.81. The Bertz CT molecular complexity index is 97.7. The molecule has 0 aromatic carbocycles. The van der Waals surface area contributed by atoms with Crippen molar-refractivity contribution in [3.05, 3.63) is 0 Å². The summed E-state index contributed by atoms with van der Waals surface area (Å²) in [5.74, 6) is 2.32. The Labute approximate surface area is 74.3 Å². The van der Waals surface area contributed by atoms with Gasteiger partial charge in [-0.2, -0.15) is 11.8 Å². The van der Waals surface area contributed by atoms with Gasteiger partial charge in [0.25, 0.3) is 0 Å². The summed E-state index contributed by atoms with van der Waals surface area (Å²) in [6, 6.07) is 0. The van der Waals surface area contributed by atoms with Crippen molar-refractivity contribution in [2.75, 3.05) is 18.8 Å². The Morgan fingerprint density at radius 2 is 2.36 bits per heavy atom. The van der Waals surface area contributed by atoms with Crippen LogP contribution in [0.4, 0.5) is 0 Å². The number of nitrogens with one attached hydrogen (secondary N) is 1. The van der Waals surface area contributed by atoms with Gasteiger partial charge in [0.2, 0.25) is 0 Å². The van der Waals surface area contributed by atoms with E-state index in [9.17, 15) is 0 Å². The lowest BCUT2D eigenvalue weighted by Gasteiger charge is -2.08. The van der Waals surface area contributed by atoms with Gasteiger partial charge in [-0.15, -0.1) is 0 Å². The molecule has 1 nitrogen and oxygen atoms in total. The molecule has 1 N–H and O–H groups in total. The van der Waals surface area contributed by atoms with Gasteiger partial charge in [-0.25, -0.2) is 0 Å². The van der Waals surface area contributed by atoms with Gasteiger partial charge in [-0.1, -0.05) is 13.8 Å². The van der Waals surface area contributed by atoms with Crippen LogP contribution in [0.25, 0.3) is 0 Å². The zero-order chi connectivity index (χ0) is 8.10. The van der Waals surface area contributed by atoms with Gasteiger partial charge in [0.15, 0.2) is 0 Å². The Morgan fingerprint density at radius 1 is 1.55 bits per heavy atom. The molecule has 0 radical (unpaired) electrons. The quantitative estimate of drug-likeness (QED) is 0.699. The van der Waals surface area contributed by atoms with Crippen molar-refractivity contribution in [1.29, 1.82) is 0 Å². The molecule has 1 atom stereocenters. The summed E-state index contributed by atoms with van der Waals surface area (Å²) in [5, 5.41) is 4.21. The van der Waals surface area contributed by atoms with E-state index in [2.05, 4.69) is 30.9 Å². The van der Waals surface area contributed by atoms with Crippen LogP contribution in [-0.2, 0) is 0 Å². The second-order valence-corrected chi connectivity index (χ2v) is 5.25. The minimum absolute atomic E-state index is 0.810. The topological polar surface area (TPSA) is 12.0 Å². The maximum atomic E-state index is 3.40. The number of thioether (sulfide) groups is 1. The second-order valence-electron chi connectivity index (χ2n) is 3.57. The third kappa shape index (κ3) is 4.02. The first-order chi connectivity index (χ1) is 5.29. The molecule has 2 heteroatoms. The molecule has 66 valence electrons. The number of hydrogen-bond donors (Lipinski definition) is 1. The lowest BCUT2D eigenvalue weighted by atomic mass is 10.1. The van der Waals surface area contributed by atoms with Crippen LogP contribution in [0.2, 0.25) is 0 Å². The number of rotatable bonds is 4. The maximum Gasteiger partial charge on any atom is -0.000968 e. The third-order valence-corrected chi connectivity index (χ3v) is 3.28. The minimum Gasteiger partial charge on any atom is -0.316 e. The summed E-state index contributed by atoms with van der Waals surface area (Å²) in [5.41, 5.74) is 0. The lowest BCUT2D eigenvalue weighted by molar-refractivity contribution is 0.567. The summed E-state index contributed by atoms with van der Waals surface area (Å²) >= 11 is 2.09. The van der Waals surface area contributed by atoms with Crippen LogP contribution in [0.15, 0.2) is 0 Å². The molecule has 0 aliphatic carbocycles. The van der Waals surface area contributed by atoms with Crippen molar-refractivity contribution in [3.63, 3.8) is 0 Å². The molecule has 11 heavy (non-hydrogen) atoms. The van der Waals surface area contributed by atoms with Gasteiger partial charge < -0.3 is 5.32 Å². The maximum absolute atomic E-state index is 3.40. The average Bonchev–Trinajstić information content (AvgIpc) is 2.39. The van der Waals surface area contributed by atoms with Crippen LogP contribution in [0.3, 0.4) is 0 Å². The minimum atomic E-state index is 0.810. The fraction of sp³-hybridized carbons (Fsp3) is 1.00. The fourth-order valence-electron chi connectivity index (χ4n) is 1.43. The molecule has 1 rings (SSSR count). The van der Waals surface area contributed by atoms with Crippen LogP contribution >= 0.6 is 11.8 Å². The summed E-state index contributed by atoms with van der Waals surface area (Å²) < 4.78 is 0. The Kier molecular flexibility index (Phi) is 4.31. The normalized spacial score (nSPS) is 24.8. The van der Waals surface area contributed by atoms with Crippen LogP contribution in [0.5, 0.6) is 0 Å². The van der Waals surface area contributed by atoms with E-state index in [0.717, 1.165) is 11.2 Å². The van der Waals surface area contributed by atoms with Crippen LogP contribution in [0, 0.1) is 5.92 Å². The van der Waals surface area contributed by atoms with Crippen LogP contribution in [0.1, 0.15) is 26.7 Å². The molecule has 0 aromatic heterocycles. The van der Waals surface area contributed by atoms with Crippen molar-refractivity contribution < 1.29 is 0 Å². The van der Waals surface area contributed by atoms with Crippen LogP contribution in [-0.4, -0.2) is 24.1 Å². The molecule has 1 fully saturated rings. The summed E-state index contributed by atoms with van der Waals surface area (Å²) in [6.45, 7) is 7.06. The van der Waals surface area contributed by atoms with E-state index in [4.69, 9.17) is 0 Å². The molecule has 1 aliphatic heterocycles. The smallest absolute Gasteiger partial charge is 0.000968 e. The highest BCUT2D eigenvalue weighted by Crippen LogP contribution is 2.18. The molecular weight excluding hydrogens is 154 g/mol. The average molecular weight is 173 g/mol. The molecule has 0 unspecified atom stereocenters. The standard InChI is InChI=1S/C9H19NS/c1-8(2)11-6-4-9-3-5-10-7-9/h8-10H,3-7H2,1-2H3/t9-/m0/s1. The second kappa shape index (κ2) is 5.04. The Balaban J connectivity index is 1.94. The van der Waals surface area contributed by atoms with E-state index in [1.165, 1.54) is 31.7 Å². The molecule has 1 saturated heterocycles. The van der Waals surface area contributed by atoms with Gasteiger partial charge in [-0.3, -0.25) is 0 Å². The lowest BCUT2D eigenvalue weighted by Crippen LogP contribution is -2.09. The Hall–Kier alpha value is 0.310. The monoisotopic (exact) mass is 173 g/mol. The highest BCUT2D eigenvalue weighted by atomic mass is 32.2. The van der Waals surface area contributed by atoms with Crippen molar-refractivity contribution in [2.45, 2.75) is 31.9 Å². The van der Waals surface area contributed by atoms with Gasteiger partial charge in [-0.05, 0) is 42.9 Å². The van der Waals surface area contributed by atoms with Crippen molar-refractivity contribution >= 4 is 11.8 Å². The zero-order valence-electron chi connectivity index (χ0n) is 7.60. The van der Waals surface area contributed by atoms with Crippen molar-refractivity contribution in [2.24, 2.45) is 5.92 Å². The SMILES string of the molecule is CC(C)SCC[C@@H]1CCNC1. The van der Waals surface area contributed by atoms with Crippen molar-refractivity contribution in [3.8, 4) is 0 Å². The summed E-state index contributed by atoms with van der Waals surface area (Å²) in [4.78, 5) is 0. The third-order valence-electron chi connectivity index (χ3n) is 2.14.